The molecule has 0 spiro atoms. The Labute approximate surface area is 141 Å². The van der Waals surface area contributed by atoms with Gasteiger partial charge in [0.15, 0.2) is 0 Å². The van der Waals surface area contributed by atoms with Gasteiger partial charge in [0.05, 0.1) is 22.8 Å². The lowest BCUT2D eigenvalue weighted by Crippen LogP contribution is -1.90. The highest BCUT2D eigenvalue weighted by Crippen LogP contribution is 2.33. The van der Waals surface area contributed by atoms with Gasteiger partial charge in [-0.15, -0.1) is 0 Å². The molecule has 25 heavy (non-hydrogen) atoms. The van der Waals surface area contributed by atoms with Crippen LogP contribution in [0.15, 0.2) is 48.6 Å². The van der Waals surface area contributed by atoms with Gasteiger partial charge in [0.1, 0.15) is 11.6 Å². The lowest BCUT2D eigenvalue weighted by molar-refractivity contribution is -0.131. The Bertz CT molecular complexity index is 1030. The maximum absolute atomic E-state index is 14.1. The number of rotatable bonds is 4. The van der Waals surface area contributed by atoms with Crippen LogP contribution in [0.2, 0.25) is 0 Å². The summed E-state index contributed by atoms with van der Waals surface area (Å²) in [6, 6.07) is 10.7. The van der Waals surface area contributed by atoms with Gasteiger partial charge < -0.3 is 10.1 Å². The molecule has 0 amide bonds. The highest BCUT2D eigenvalue weighted by atomic mass is 19.1. The van der Waals surface area contributed by atoms with E-state index in [2.05, 4.69) is 4.98 Å². The van der Waals surface area contributed by atoms with E-state index in [1.807, 2.05) is 6.07 Å². The van der Waals surface area contributed by atoms with E-state index in [4.69, 9.17) is 10.4 Å². The van der Waals surface area contributed by atoms with Crippen molar-refractivity contribution in [1.82, 2.24) is 4.98 Å². The average molecular weight is 338 g/mol. The number of nitriles is 1. The molecule has 124 valence electrons. The molecule has 2 aromatic carbocycles. The fourth-order valence-corrected chi connectivity index (χ4v) is 2.72. The molecule has 0 aliphatic rings. The summed E-state index contributed by atoms with van der Waals surface area (Å²) in [6.45, 7) is 0. The summed E-state index contributed by atoms with van der Waals surface area (Å²) in [5, 5.41) is 18.0. The van der Waals surface area contributed by atoms with Crippen molar-refractivity contribution in [2.75, 3.05) is 0 Å². The number of hydrogen-bond acceptors (Lipinski definition) is 2. The third kappa shape index (κ3) is 3.26. The van der Waals surface area contributed by atoms with Crippen LogP contribution in [-0.2, 0) is 11.2 Å². The number of nitrogens with one attached hydrogen (secondary N) is 1. The summed E-state index contributed by atoms with van der Waals surface area (Å²) in [6.07, 6.45) is 2.59. The van der Waals surface area contributed by atoms with Crippen molar-refractivity contribution in [3.63, 3.8) is 0 Å². The minimum absolute atomic E-state index is 0.152. The number of aromatic nitrogens is 1. The number of halogens is 2. The first kappa shape index (κ1) is 16.4. The lowest BCUT2D eigenvalue weighted by atomic mass is 10.0. The third-order valence-electron chi connectivity index (χ3n) is 3.82. The summed E-state index contributed by atoms with van der Waals surface area (Å²) in [7, 11) is 0. The number of aliphatic carboxylic acids is 1. The van der Waals surface area contributed by atoms with Gasteiger partial charge in [-0.1, -0.05) is 18.2 Å². The van der Waals surface area contributed by atoms with E-state index in [-0.39, 0.29) is 11.9 Å². The predicted octanol–water partition coefficient (Wildman–Crippen LogP) is 4.17. The molecule has 0 bridgehead atoms. The summed E-state index contributed by atoms with van der Waals surface area (Å²) < 4.78 is 27.7. The summed E-state index contributed by atoms with van der Waals surface area (Å²) in [5.74, 6) is -2.53. The van der Waals surface area contributed by atoms with Crippen molar-refractivity contribution < 1.29 is 18.7 Å². The summed E-state index contributed by atoms with van der Waals surface area (Å²) in [4.78, 5) is 13.6. The summed E-state index contributed by atoms with van der Waals surface area (Å²) in [5.41, 5.74) is 2.45. The molecule has 0 atom stereocenters. The molecule has 0 radical (unpaired) electrons. The van der Waals surface area contributed by atoms with Crippen LogP contribution in [0.25, 0.3) is 22.2 Å². The monoisotopic (exact) mass is 338 g/mol. The number of carboxylic acid groups (broad SMARTS) is 1. The average Bonchev–Trinajstić information content (AvgIpc) is 2.94. The first-order chi connectivity index (χ1) is 12.0. The Kier molecular flexibility index (Phi) is 4.31. The second kappa shape index (κ2) is 6.57. The molecule has 3 aromatic rings. The molecule has 0 unspecified atom stereocenters. The van der Waals surface area contributed by atoms with Crippen molar-refractivity contribution in [2.24, 2.45) is 0 Å². The van der Waals surface area contributed by atoms with E-state index in [1.165, 1.54) is 12.1 Å². The van der Waals surface area contributed by atoms with Crippen molar-refractivity contribution in [1.29, 1.82) is 5.26 Å². The fourth-order valence-electron chi connectivity index (χ4n) is 2.72. The number of carboxylic acids is 1. The first-order valence-electron chi connectivity index (χ1n) is 7.39. The van der Waals surface area contributed by atoms with Crippen molar-refractivity contribution in [3.05, 3.63) is 71.3 Å². The number of hydrogen-bond donors (Lipinski definition) is 2. The number of carbonyl (C=O) groups is 1. The Morgan fingerprint density at radius 1 is 1.24 bits per heavy atom. The number of benzene rings is 2. The molecule has 4 nitrogen and oxygen atoms in total. The van der Waals surface area contributed by atoms with E-state index in [9.17, 15) is 13.6 Å². The number of allylic oxidation sites excluding steroid dienone is 1. The zero-order chi connectivity index (χ0) is 18.0. The molecule has 1 aromatic heterocycles. The van der Waals surface area contributed by atoms with Crippen LogP contribution in [0.1, 0.15) is 11.1 Å². The first-order valence-corrected chi connectivity index (χ1v) is 7.39. The maximum atomic E-state index is 14.1. The smallest absolute Gasteiger partial charge is 0.327 e. The van der Waals surface area contributed by atoms with Crippen LogP contribution in [-0.4, -0.2) is 16.1 Å². The Balaban J connectivity index is 2.20. The molecule has 0 fully saturated rings. The van der Waals surface area contributed by atoms with E-state index in [1.54, 1.807) is 24.3 Å². The molecule has 0 saturated carbocycles. The zero-order valence-corrected chi connectivity index (χ0v) is 12.9. The van der Waals surface area contributed by atoms with Crippen molar-refractivity contribution in [3.8, 4) is 17.3 Å². The normalized spacial score (nSPS) is 11.1. The minimum Gasteiger partial charge on any atom is -0.478 e. The number of H-pyrrole nitrogens is 1. The Morgan fingerprint density at radius 2 is 1.96 bits per heavy atom. The van der Waals surface area contributed by atoms with E-state index in [0.717, 1.165) is 12.1 Å². The molecular formula is C19H12F2N2O2. The Morgan fingerprint density at radius 3 is 2.60 bits per heavy atom. The van der Waals surface area contributed by atoms with Gasteiger partial charge in [-0.25, -0.2) is 13.6 Å². The van der Waals surface area contributed by atoms with Crippen molar-refractivity contribution in [2.45, 2.75) is 6.42 Å². The second-order valence-electron chi connectivity index (χ2n) is 5.42. The molecule has 2 N–H and O–H groups in total. The van der Waals surface area contributed by atoms with E-state index < -0.39 is 17.6 Å². The highest BCUT2D eigenvalue weighted by Gasteiger charge is 2.16. The van der Waals surface area contributed by atoms with Gasteiger partial charge >= 0.3 is 5.97 Å². The molecular weight excluding hydrogens is 326 g/mol. The van der Waals surface area contributed by atoms with Gasteiger partial charge in [-0.05, 0) is 35.7 Å². The van der Waals surface area contributed by atoms with Crippen LogP contribution in [0.5, 0.6) is 0 Å². The molecule has 1 heterocycles. The van der Waals surface area contributed by atoms with Crippen LogP contribution in [0, 0.1) is 23.0 Å². The quantitative estimate of drug-likeness (QED) is 0.701. The second-order valence-corrected chi connectivity index (χ2v) is 5.42. The SMILES string of the molecule is N#Cc1ccc(-c2[nH]c3c(F)cc(F)cc3c2C/C=C/C(=O)O)cc1. The fraction of sp³-hybridized carbons (Fsp3) is 0.0526. The van der Waals surface area contributed by atoms with E-state index in [0.29, 0.717) is 27.8 Å². The summed E-state index contributed by atoms with van der Waals surface area (Å²) >= 11 is 0. The van der Waals surface area contributed by atoms with Crippen LogP contribution in [0.3, 0.4) is 0 Å². The van der Waals surface area contributed by atoms with Crippen molar-refractivity contribution >= 4 is 16.9 Å². The van der Waals surface area contributed by atoms with Gasteiger partial charge in [-0.2, -0.15) is 5.26 Å². The van der Waals surface area contributed by atoms with Crippen LogP contribution in [0.4, 0.5) is 8.78 Å². The lowest BCUT2D eigenvalue weighted by Gasteiger charge is -2.03. The zero-order valence-electron chi connectivity index (χ0n) is 12.9. The minimum atomic E-state index is -1.10. The molecule has 0 aliphatic carbocycles. The molecule has 6 heteroatoms. The topological polar surface area (TPSA) is 76.9 Å². The molecule has 0 saturated heterocycles. The van der Waals surface area contributed by atoms with Gasteiger partial charge in [0, 0.05) is 17.5 Å². The maximum Gasteiger partial charge on any atom is 0.327 e. The Hall–Kier alpha value is -3.46. The third-order valence-corrected chi connectivity index (χ3v) is 3.82. The molecule has 0 aliphatic heterocycles. The number of fused-ring (bicyclic) bond motifs is 1. The largest absolute Gasteiger partial charge is 0.478 e. The van der Waals surface area contributed by atoms with Crippen LogP contribution >= 0.6 is 0 Å². The number of aromatic amines is 1. The highest BCUT2D eigenvalue weighted by molar-refractivity contribution is 5.91. The predicted molar refractivity (Wildman–Crippen MR) is 88.8 cm³/mol. The van der Waals surface area contributed by atoms with E-state index >= 15 is 0 Å². The van der Waals surface area contributed by atoms with Gasteiger partial charge in [0.2, 0.25) is 0 Å². The number of nitrogens with zero attached hydrogens (tertiary/aromatic N) is 1. The standard InChI is InChI=1S/C19H12F2N2O2/c20-13-8-15-14(2-1-3-17(24)25)18(23-19(15)16(21)9-13)12-6-4-11(10-22)5-7-12/h1,3-9,23H,2H2,(H,24,25)/b3-1+. The van der Waals surface area contributed by atoms with Crippen LogP contribution < -0.4 is 0 Å². The van der Waals surface area contributed by atoms with Gasteiger partial charge in [-0.3, -0.25) is 0 Å². The van der Waals surface area contributed by atoms with Gasteiger partial charge in [0.25, 0.3) is 0 Å². The molecule has 3 rings (SSSR count).